The maximum atomic E-state index is 8.80. The summed E-state index contributed by atoms with van der Waals surface area (Å²) in [5.41, 5.74) is 2.84. The van der Waals surface area contributed by atoms with E-state index in [2.05, 4.69) is 22.0 Å². The normalized spacial score (nSPS) is 9.83. The van der Waals surface area contributed by atoms with Gasteiger partial charge in [0.1, 0.15) is 12.4 Å². The molecule has 0 amide bonds. The highest BCUT2D eigenvalue weighted by Gasteiger charge is 2.01. The third-order valence-corrected chi connectivity index (χ3v) is 3.16. The summed E-state index contributed by atoms with van der Waals surface area (Å²) in [6, 6.07) is 15.5. The number of ether oxygens (including phenoxy) is 1. The molecule has 2 aromatic rings. The Balaban J connectivity index is 2.09. The van der Waals surface area contributed by atoms with Crippen LogP contribution in [0.2, 0.25) is 0 Å². The van der Waals surface area contributed by atoms with Crippen LogP contribution in [0.25, 0.3) is 0 Å². The van der Waals surface area contributed by atoms with Crippen molar-refractivity contribution in [2.24, 2.45) is 0 Å². The minimum atomic E-state index is 0.508. The van der Waals surface area contributed by atoms with Crippen molar-refractivity contribution in [3.63, 3.8) is 0 Å². The number of hydrogen-bond acceptors (Lipinski definition) is 2. The highest BCUT2D eigenvalue weighted by Crippen LogP contribution is 2.20. The van der Waals surface area contributed by atoms with Gasteiger partial charge in [-0.15, -0.1) is 0 Å². The molecule has 2 nitrogen and oxygen atoms in total. The third kappa shape index (κ3) is 3.12. The van der Waals surface area contributed by atoms with Gasteiger partial charge in [0.2, 0.25) is 0 Å². The average molecular weight is 302 g/mol. The maximum Gasteiger partial charge on any atom is 0.120 e. The van der Waals surface area contributed by atoms with Gasteiger partial charge in [0.15, 0.2) is 0 Å². The first-order chi connectivity index (χ1) is 8.69. The van der Waals surface area contributed by atoms with Gasteiger partial charge in [-0.3, -0.25) is 0 Å². The van der Waals surface area contributed by atoms with Gasteiger partial charge in [-0.05, 0) is 48.4 Å². The molecule has 0 aliphatic rings. The Morgan fingerprint density at radius 1 is 1.22 bits per heavy atom. The topological polar surface area (TPSA) is 33.0 Å². The molecule has 0 aliphatic carbocycles. The van der Waals surface area contributed by atoms with Gasteiger partial charge < -0.3 is 4.74 Å². The molecule has 0 saturated heterocycles. The standard InChI is InChI=1S/C15H12BrNO/c1-11-7-12(9-17)5-6-13(11)10-18-15-4-2-3-14(16)8-15/h2-8H,10H2,1H3. The molecule has 0 radical (unpaired) electrons. The van der Waals surface area contributed by atoms with Crippen molar-refractivity contribution in [1.29, 1.82) is 5.26 Å². The number of hydrogen-bond donors (Lipinski definition) is 0. The van der Waals surface area contributed by atoms with Crippen LogP contribution in [0.3, 0.4) is 0 Å². The van der Waals surface area contributed by atoms with Crippen molar-refractivity contribution in [1.82, 2.24) is 0 Å². The van der Waals surface area contributed by atoms with Crippen molar-refractivity contribution >= 4 is 15.9 Å². The first-order valence-electron chi connectivity index (χ1n) is 5.57. The van der Waals surface area contributed by atoms with Crippen LogP contribution in [0.4, 0.5) is 0 Å². The van der Waals surface area contributed by atoms with Crippen molar-refractivity contribution in [3.05, 3.63) is 63.6 Å². The van der Waals surface area contributed by atoms with Crippen molar-refractivity contribution in [3.8, 4) is 11.8 Å². The summed E-state index contributed by atoms with van der Waals surface area (Å²) >= 11 is 3.41. The number of nitriles is 1. The number of aryl methyl sites for hydroxylation is 1. The molecule has 0 aromatic heterocycles. The average Bonchev–Trinajstić information content (AvgIpc) is 2.37. The molecular weight excluding hydrogens is 290 g/mol. The zero-order valence-electron chi connectivity index (χ0n) is 9.98. The number of nitrogens with zero attached hydrogens (tertiary/aromatic N) is 1. The van der Waals surface area contributed by atoms with E-state index < -0.39 is 0 Å². The van der Waals surface area contributed by atoms with E-state index in [-0.39, 0.29) is 0 Å². The van der Waals surface area contributed by atoms with E-state index in [0.717, 1.165) is 21.3 Å². The molecule has 3 heteroatoms. The van der Waals surface area contributed by atoms with Gasteiger partial charge in [0.05, 0.1) is 11.6 Å². The summed E-state index contributed by atoms with van der Waals surface area (Å²) < 4.78 is 6.71. The van der Waals surface area contributed by atoms with Crippen LogP contribution in [-0.2, 0) is 6.61 Å². The van der Waals surface area contributed by atoms with Crippen molar-refractivity contribution < 1.29 is 4.74 Å². The zero-order chi connectivity index (χ0) is 13.0. The Bertz CT molecular complexity index is 602. The molecule has 90 valence electrons. The van der Waals surface area contributed by atoms with Crippen LogP contribution < -0.4 is 4.74 Å². The van der Waals surface area contributed by atoms with Gasteiger partial charge in [-0.2, -0.15) is 5.26 Å². The number of rotatable bonds is 3. The van der Waals surface area contributed by atoms with Gasteiger partial charge in [-0.25, -0.2) is 0 Å². The lowest BCUT2D eigenvalue weighted by Gasteiger charge is -2.09. The zero-order valence-corrected chi connectivity index (χ0v) is 11.6. The van der Waals surface area contributed by atoms with Crippen LogP contribution in [0.5, 0.6) is 5.75 Å². The fourth-order valence-electron chi connectivity index (χ4n) is 1.65. The van der Waals surface area contributed by atoms with Crippen LogP contribution in [0.1, 0.15) is 16.7 Å². The van der Waals surface area contributed by atoms with Gasteiger partial charge in [0.25, 0.3) is 0 Å². The molecule has 0 aliphatic heterocycles. The second kappa shape index (κ2) is 5.70. The largest absolute Gasteiger partial charge is 0.489 e. The lowest BCUT2D eigenvalue weighted by molar-refractivity contribution is 0.305. The number of benzene rings is 2. The van der Waals surface area contributed by atoms with E-state index in [9.17, 15) is 0 Å². The molecule has 0 atom stereocenters. The molecule has 0 N–H and O–H groups in total. The molecule has 0 unspecified atom stereocenters. The van der Waals surface area contributed by atoms with E-state index >= 15 is 0 Å². The third-order valence-electron chi connectivity index (χ3n) is 2.66. The molecule has 0 saturated carbocycles. The van der Waals surface area contributed by atoms with Gasteiger partial charge >= 0.3 is 0 Å². The van der Waals surface area contributed by atoms with Gasteiger partial charge in [-0.1, -0.05) is 28.1 Å². The van der Waals surface area contributed by atoms with Gasteiger partial charge in [0, 0.05) is 4.47 Å². The molecule has 2 aromatic carbocycles. The predicted molar refractivity (Wildman–Crippen MR) is 74.4 cm³/mol. The van der Waals surface area contributed by atoms with E-state index in [1.807, 2.05) is 49.4 Å². The van der Waals surface area contributed by atoms with Crippen LogP contribution >= 0.6 is 15.9 Å². The van der Waals surface area contributed by atoms with E-state index in [1.54, 1.807) is 0 Å². The molecular formula is C15H12BrNO. The quantitative estimate of drug-likeness (QED) is 0.851. The predicted octanol–water partition coefficient (Wildman–Crippen LogP) is 4.21. The first kappa shape index (κ1) is 12.7. The second-order valence-electron chi connectivity index (χ2n) is 4.00. The van der Waals surface area contributed by atoms with E-state index in [1.165, 1.54) is 0 Å². The summed E-state index contributed by atoms with van der Waals surface area (Å²) in [5, 5.41) is 8.80. The first-order valence-corrected chi connectivity index (χ1v) is 6.36. The second-order valence-corrected chi connectivity index (χ2v) is 4.91. The lowest BCUT2D eigenvalue weighted by atomic mass is 10.1. The summed E-state index contributed by atoms with van der Waals surface area (Å²) in [6.07, 6.45) is 0. The summed E-state index contributed by atoms with van der Waals surface area (Å²) in [7, 11) is 0. The summed E-state index contributed by atoms with van der Waals surface area (Å²) in [5.74, 6) is 0.827. The molecule has 0 heterocycles. The molecule has 0 fully saturated rings. The van der Waals surface area contributed by atoms with Crippen LogP contribution in [0, 0.1) is 18.3 Å². The minimum Gasteiger partial charge on any atom is -0.489 e. The molecule has 18 heavy (non-hydrogen) atoms. The Morgan fingerprint density at radius 2 is 2.06 bits per heavy atom. The smallest absolute Gasteiger partial charge is 0.120 e. The Morgan fingerprint density at radius 3 is 2.72 bits per heavy atom. The fourth-order valence-corrected chi connectivity index (χ4v) is 2.02. The van der Waals surface area contributed by atoms with E-state index in [0.29, 0.717) is 12.2 Å². The van der Waals surface area contributed by atoms with Crippen LogP contribution in [-0.4, -0.2) is 0 Å². The maximum absolute atomic E-state index is 8.80. The monoisotopic (exact) mass is 301 g/mol. The van der Waals surface area contributed by atoms with Crippen molar-refractivity contribution in [2.45, 2.75) is 13.5 Å². The number of halogens is 1. The Labute approximate surface area is 115 Å². The Hall–Kier alpha value is -1.79. The van der Waals surface area contributed by atoms with E-state index in [4.69, 9.17) is 10.00 Å². The Kier molecular flexibility index (Phi) is 4.01. The van der Waals surface area contributed by atoms with Crippen LogP contribution in [0.15, 0.2) is 46.9 Å². The molecule has 2 rings (SSSR count). The summed E-state index contributed by atoms with van der Waals surface area (Å²) in [4.78, 5) is 0. The van der Waals surface area contributed by atoms with Crippen molar-refractivity contribution in [2.75, 3.05) is 0 Å². The SMILES string of the molecule is Cc1cc(C#N)ccc1COc1cccc(Br)c1. The highest BCUT2D eigenvalue weighted by molar-refractivity contribution is 9.10. The summed E-state index contributed by atoms with van der Waals surface area (Å²) in [6.45, 7) is 2.49. The minimum absolute atomic E-state index is 0.508. The lowest BCUT2D eigenvalue weighted by Crippen LogP contribution is -1.98. The fraction of sp³-hybridized carbons (Fsp3) is 0.133. The molecule has 0 spiro atoms. The highest BCUT2D eigenvalue weighted by atomic mass is 79.9. The molecule has 0 bridgehead atoms.